The van der Waals surface area contributed by atoms with Crippen molar-refractivity contribution in [3.63, 3.8) is 0 Å². The van der Waals surface area contributed by atoms with Crippen LogP contribution in [0.25, 0.3) is 0 Å². The number of rotatable bonds is 4. The van der Waals surface area contributed by atoms with Crippen molar-refractivity contribution < 1.29 is 13.9 Å². The first-order valence-corrected chi connectivity index (χ1v) is 6.77. The van der Waals surface area contributed by atoms with Gasteiger partial charge in [0.15, 0.2) is 0 Å². The van der Waals surface area contributed by atoms with Gasteiger partial charge in [0.05, 0.1) is 11.8 Å². The fourth-order valence-corrected chi connectivity index (χ4v) is 1.99. The largest absolute Gasteiger partial charge is 0.469 e. The number of hydrogen-bond acceptors (Lipinski definition) is 4. The van der Waals surface area contributed by atoms with Crippen molar-refractivity contribution >= 4 is 11.6 Å². The molecule has 0 radical (unpaired) electrons. The average Bonchev–Trinajstić information content (AvgIpc) is 3.10. The highest BCUT2D eigenvalue weighted by molar-refractivity contribution is 6.04. The van der Waals surface area contributed by atoms with E-state index in [1.54, 1.807) is 43.3 Å². The van der Waals surface area contributed by atoms with Crippen molar-refractivity contribution in [3.05, 3.63) is 59.7 Å². The smallest absolute Gasteiger partial charge is 0.259 e. The van der Waals surface area contributed by atoms with Gasteiger partial charge in [0.25, 0.3) is 5.91 Å². The molecule has 0 saturated carbocycles. The molecule has 0 aliphatic rings. The van der Waals surface area contributed by atoms with Gasteiger partial charge in [-0.25, -0.2) is 0 Å². The molecule has 0 aliphatic heterocycles. The summed E-state index contributed by atoms with van der Waals surface area (Å²) >= 11 is 0. The number of furan rings is 1. The third-order valence-electron chi connectivity index (χ3n) is 3.12. The number of nitrogens with one attached hydrogen (secondary N) is 2. The number of aromatic amines is 1. The number of carbonyl (C=O) groups excluding carboxylic acids is 1. The molecule has 1 amide bonds. The first-order chi connectivity index (χ1) is 10.6. The van der Waals surface area contributed by atoms with E-state index in [1.807, 2.05) is 6.92 Å². The Kier molecular flexibility index (Phi) is 3.65. The minimum atomic E-state index is -0.206. The van der Waals surface area contributed by atoms with Gasteiger partial charge in [0.2, 0.25) is 5.88 Å². The second-order valence-corrected chi connectivity index (χ2v) is 4.86. The second-order valence-electron chi connectivity index (χ2n) is 4.86. The summed E-state index contributed by atoms with van der Waals surface area (Å²) in [4.78, 5) is 12.1. The second kappa shape index (κ2) is 5.77. The lowest BCUT2D eigenvalue weighted by atomic mass is 10.2. The quantitative estimate of drug-likeness (QED) is 0.770. The maximum absolute atomic E-state index is 12.1. The molecule has 22 heavy (non-hydrogen) atoms. The van der Waals surface area contributed by atoms with E-state index < -0.39 is 0 Å². The van der Waals surface area contributed by atoms with Gasteiger partial charge in [-0.2, -0.15) is 0 Å². The standard InChI is InChI=1S/C16H15N3O3/c1-10-9-15(19-18-10)22-13-5-3-12(4-6-13)17-16(20)14-7-8-21-11(14)2/h3-9H,1-2H3,(H,17,20)(H,18,19). The summed E-state index contributed by atoms with van der Waals surface area (Å²) in [5.41, 5.74) is 2.12. The van der Waals surface area contributed by atoms with Crippen molar-refractivity contribution in [3.8, 4) is 11.6 Å². The molecule has 0 unspecified atom stereocenters. The summed E-state index contributed by atoms with van der Waals surface area (Å²) in [6.07, 6.45) is 1.49. The van der Waals surface area contributed by atoms with Crippen molar-refractivity contribution in [1.82, 2.24) is 10.2 Å². The summed E-state index contributed by atoms with van der Waals surface area (Å²) in [7, 11) is 0. The molecular formula is C16H15N3O3. The Morgan fingerprint density at radius 3 is 2.59 bits per heavy atom. The zero-order chi connectivity index (χ0) is 15.5. The lowest BCUT2D eigenvalue weighted by Gasteiger charge is -2.06. The van der Waals surface area contributed by atoms with Gasteiger partial charge in [-0.1, -0.05) is 0 Å². The monoisotopic (exact) mass is 297 g/mol. The maximum atomic E-state index is 12.1. The molecule has 1 aromatic carbocycles. The van der Waals surface area contributed by atoms with Crippen LogP contribution in [0.3, 0.4) is 0 Å². The van der Waals surface area contributed by atoms with E-state index in [-0.39, 0.29) is 5.91 Å². The SMILES string of the molecule is Cc1cc(Oc2ccc(NC(=O)c3ccoc3C)cc2)n[nH]1. The third kappa shape index (κ3) is 3.01. The van der Waals surface area contributed by atoms with E-state index in [2.05, 4.69) is 15.5 Å². The molecule has 3 aromatic rings. The molecule has 112 valence electrons. The number of hydrogen-bond donors (Lipinski definition) is 2. The molecular weight excluding hydrogens is 282 g/mol. The highest BCUT2D eigenvalue weighted by atomic mass is 16.5. The van der Waals surface area contributed by atoms with Crippen LogP contribution in [0.15, 0.2) is 47.1 Å². The number of anilines is 1. The van der Waals surface area contributed by atoms with Gasteiger partial charge >= 0.3 is 0 Å². The number of carbonyl (C=O) groups is 1. The lowest BCUT2D eigenvalue weighted by Crippen LogP contribution is -2.11. The van der Waals surface area contributed by atoms with Crippen LogP contribution < -0.4 is 10.1 Å². The molecule has 0 bridgehead atoms. The van der Waals surface area contributed by atoms with Gasteiger partial charge in [-0.05, 0) is 44.2 Å². The van der Waals surface area contributed by atoms with Crippen molar-refractivity contribution in [2.24, 2.45) is 0 Å². The number of H-pyrrole nitrogens is 1. The molecule has 2 aromatic heterocycles. The van der Waals surface area contributed by atoms with Crippen LogP contribution in [0.2, 0.25) is 0 Å². The van der Waals surface area contributed by atoms with Gasteiger partial charge in [0, 0.05) is 17.4 Å². The van der Waals surface area contributed by atoms with Gasteiger partial charge in [-0.15, -0.1) is 5.10 Å². The van der Waals surface area contributed by atoms with E-state index >= 15 is 0 Å². The Hall–Kier alpha value is -3.02. The summed E-state index contributed by atoms with van der Waals surface area (Å²) < 4.78 is 10.7. The van der Waals surface area contributed by atoms with Crippen LogP contribution in [-0.2, 0) is 0 Å². The predicted octanol–water partition coefficient (Wildman–Crippen LogP) is 3.66. The molecule has 6 heteroatoms. The first kappa shape index (κ1) is 13.9. The average molecular weight is 297 g/mol. The third-order valence-corrected chi connectivity index (χ3v) is 3.12. The highest BCUT2D eigenvalue weighted by Gasteiger charge is 2.11. The van der Waals surface area contributed by atoms with E-state index in [0.717, 1.165) is 5.69 Å². The number of benzene rings is 1. The van der Waals surface area contributed by atoms with Gasteiger partial charge in [-0.3, -0.25) is 9.89 Å². The van der Waals surface area contributed by atoms with Crippen LogP contribution in [-0.4, -0.2) is 16.1 Å². The lowest BCUT2D eigenvalue weighted by molar-refractivity contribution is 0.102. The molecule has 6 nitrogen and oxygen atoms in total. The zero-order valence-corrected chi connectivity index (χ0v) is 12.2. The van der Waals surface area contributed by atoms with Crippen LogP contribution in [0, 0.1) is 13.8 Å². The van der Waals surface area contributed by atoms with Crippen molar-refractivity contribution in [2.75, 3.05) is 5.32 Å². The Labute approximate surface area is 127 Å². The Morgan fingerprint density at radius 1 is 1.23 bits per heavy atom. The number of nitrogens with zero attached hydrogens (tertiary/aromatic N) is 1. The van der Waals surface area contributed by atoms with E-state index in [1.165, 1.54) is 6.26 Å². The molecule has 2 heterocycles. The molecule has 0 fully saturated rings. The molecule has 3 rings (SSSR count). The Bertz CT molecular complexity index is 787. The number of aromatic nitrogens is 2. The zero-order valence-electron chi connectivity index (χ0n) is 12.2. The van der Waals surface area contributed by atoms with E-state index in [4.69, 9.17) is 9.15 Å². The molecule has 0 spiro atoms. The molecule has 0 aliphatic carbocycles. The van der Waals surface area contributed by atoms with E-state index in [9.17, 15) is 4.79 Å². The normalized spacial score (nSPS) is 10.5. The topological polar surface area (TPSA) is 80.2 Å². The van der Waals surface area contributed by atoms with Crippen LogP contribution in [0.5, 0.6) is 11.6 Å². The summed E-state index contributed by atoms with van der Waals surface area (Å²) in [6.45, 7) is 3.65. The van der Waals surface area contributed by atoms with Crippen LogP contribution in [0.4, 0.5) is 5.69 Å². The van der Waals surface area contributed by atoms with Gasteiger partial charge in [0.1, 0.15) is 11.5 Å². The number of amides is 1. The van der Waals surface area contributed by atoms with Gasteiger partial charge < -0.3 is 14.5 Å². The number of aryl methyl sites for hydroxylation is 2. The number of ether oxygens (including phenoxy) is 1. The summed E-state index contributed by atoms with van der Waals surface area (Å²) in [5.74, 6) is 1.53. The van der Waals surface area contributed by atoms with Crippen LogP contribution in [0.1, 0.15) is 21.8 Å². The molecule has 2 N–H and O–H groups in total. The fourth-order valence-electron chi connectivity index (χ4n) is 1.99. The Balaban J connectivity index is 1.66. The minimum absolute atomic E-state index is 0.206. The molecule has 0 saturated heterocycles. The predicted molar refractivity (Wildman–Crippen MR) is 81.2 cm³/mol. The highest BCUT2D eigenvalue weighted by Crippen LogP contribution is 2.22. The first-order valence-electron chi connectivity index (χ1n) is 6.77. The minimum Gasteiger partial charge on any atom is -0.469 e. The maximum Gasteiger partial charge on any atom is 0.259 e. The summed E-state index contributed by atoms with van der Waals surface area (Å²) in [6, 6.07) is 10.5. The molecule has 0 atom stereocenters. The summed E-state index contributed by atoms with van der Waals surface area (Å²) in [5, 5.41) is 9.61. The van der Waals surface area contributed by atoms with Crippen molar-refractivity contribution in [2.45, 2.75) is 13.8 Å². The fraction of sp³-hybridized carbons (Fsp3) is 0.125. The van der Waals surface area contributed by atoms with Crippen LogP contribution >= 0.6 is 0 Å². The van der Waals surface area contributed by atoms with Crippen molar-refractivity contribution in [1.29, 1.82) is 0 Å². The Morgan fingerprint density at radius 2 is 2.00 bits per heavy atom. The van der Waals surface area contributed by atoms with E-state index in [0.29, 0.717) is 28.6 Å².